The maximum absolute atomic E-state index is 14.3. The van der Waals surface area contributed by atoms with Gasteiger partial charge in [-0.1, -0.05) is 12.8 Å². The van der Waals surface area contributed by atoms with Crippen LogP contribution < -0.4 is 16.0 Å². The molecule has 17 heteroatoms. The molecule has 0 aromatic heterocycles. The fourth-order valence-electron chi connectivity index (χ4n) is 4.13. The first-order valence-corrected chi connectivity index (χ1v) is 11.6. The molecular weight excluding hydrogens is 588 g/mol. The summed E-state index contributed by atoms with van der Waals surface area (Å²) in [6.45, 7) is 0. The molecule has 0 bridgehead atoms. The number of carboxylic acids is 1. The standard InChI is InChI=1S/C23H17F10N3O3S/c24-15-13(14(20(38)39)16(25)18(27)17(15)26)19(37)35-11-3-1-2-4-12(11)36-21(40)34-10-6-8(22(28,29)30)5-9(7-10)23(31,32)33/h5-7,11-12H,1-4H2,(H,35,37)(H,38,39)(H2,34,36,40)/t11-,12-/m1/s1. The van der Waals surface area contributed by atoms with Gasteiger partial charge in [-0.15, -0.1) is 0 Å². The SMILES string of the molecule is O=C(O)c1c(F)c(F)c(F)c(F)c1C(=O)N[C@@H]1CCCC[C@H]1NC(=S)Nc1cc(C(F)(F)F)cc(C(F)(F)F)c1. The van der Waals surface area contributed by atoms with Crippen LogP contribution in [0.5, 0.6) is 0 Å². The number of rotatable bonds is 5. The Morgan fingerprint density at radius 2 is 1.20 bits per heavy atom. The molecule has 0 spiro atoms. The molecule has 1 fully saturated rings. The maximum atomic E-state index is 14.3. The van der Waals surface area contributed by atoms with Crippen molar-refractivity contribution in [1.82, 2.24) is 10.6 Å². The number of nitrogens with one attached hydrogen (secondary N) is 3. The largest absolute Gasteiger partial charge is 0.478 e. The zero-order chi connectivity index (χ0) is 30.2. The van der Waals surface area contributed by atoms with Crippen molar-refractivity contribution < 1.29 is 58.6 Å². The van der Waals surface area contributed by atoms with E-state index >= 15 is 0 Å². The van der Waals surface area contributed by atoms with Crippen molar-refractivity contribution in [2.45, 2.75) is 50.1 Å². The van der Waals surface area contributed by atoms with E-state index in [1.807, 2.05) is 0 Å². The van der Waals surface area contributed by atoms with Crippen LogP contribution in [0.4, 0.5) is 49.6 Å². The molecule has 4 N–H and O–H groups in total. The van der Waals surface area contributed by atoms with Crippen molar-refractivity contribution in [3.63, 3.8) is 0 Å². The number of thiocarbonyl (C=S) groups is 1. The molecule has 6 nitrogen and oxygen atoms in total. The Kier molecular flexibility index (Phi) is 8.86. The fourth-order valence-corrected chi connectivity index (χ4v) is 4.39. The third-order valence-electron chi connectivity index (χ3n) is 5.95. The zero-order valence-electron chi connectivity index (χ0n) is 19.7. The summed E-state index contributed by atoms with van der Waals surface area (Å²) in [5.41, 5.74) is -7.24. The number of carboxylic acid groups (broad SMARTS) is 1. The molecule has 3 rings (SSSR count). The Bertz CT molecular complexity index is 1310. The van der Waals surface area contributed by atoms with Gasteiger partial charge in [-0.3, -0.25) is 4.79 Å². The summed E-state index contributed by atoms with van der Waals surface area (Å²) >= 11 is 5.00. The van der Waals surface area contributed by atoms with E-state index in [0.717, 1.165) is 0 Å². The molecule has 0 radical (unpaired) electrons. The van der Waals surface area contributed by atoms with E-state index < -0.39 is 92.6 Å². The van der Waals surface area contributed by atoms with E-state index in [1.54, 1.807) is 0 Å². The summed E-state index contributed by atoms with van der Waals surface area (Å²) in [5, 5.41) is 15.7. The molecular formula is C23H17F10N3O3S. The van der Waals surface area contributed by atoms with Gasteiger partial charge in [-0.05, 0) is 43.3 Å². The highest BCUT2D eigenvalue weighted by molar-refractivity contribution is 7.80. The first kappa shape index (κ1) is 30.9. The average molecular weight is 605 g/mol. The van der Waals surface area contributed by atoms with E-state index in [2.05, 4.69) is 16.0 Å². The molecule has 1 aliphatic carbocycles. The lowest BCUT2D eigenvalue weighted by molar-refractivity contribution is -0.143. The van der Waals surface area contributed by atoms with Gasteiger partial charge in [0.25, 0.3) is 5.91 Å². The predicted molar refractivity (Wildman–Crippen MR) is 123 cm³/mol. The van der Waals surface area contributed by atoms with Crippen LogP contribution in [0.2, 0.25) is 0 Å². The minimum Gasteiger partial charge on any atom is -0.478 e. The van der Waals surface area contributed by atoms with Gasteiger partial charge in [0, 0.05) is 17.8 Å². The molecule has 0 heterocycles. The molecule has 2 aromatic carbocycles. The van der Waals surface area contributed by atoms with Gasteiger partial charge in [0.05, 0.1) is 16.7 Å². The van der Waals surface area contributed by atoms with Crippen LogP contribution in [0.25, 0.3) is 0 Å². The summed E-state index contributed by atoms with van der Waals surface area (Å²) in [6, 6.07) is -1.24. The van der Waals surface area contributed by atoms with Gasteiger partial charge >= 0.3 is 18.3 Å². The first-order valence-electron chi connectivity index (χ1n) is 11.2. The average Bonchev–Trinajstić information content (AvgIpc) is 2.84. The first-order chi connectivity index (χ1) is 18.4. The summed E-state index contributed by atoms with van der Waals surface area (Å²) in [7, 11) is 0. The summed E-state index contributed by atoms with van der Waals surface area (Å²) in [4.78, 5) is 24.1. The van der Waals surface area contributed by atoms with Crippen LogP contribution in [0.15, 0.2) is 18.2 Å². The normalized spacial score (nSPS) is 17.8. The van der Waals surface area contributed by atoms with Crippen molar-refractivity contribution in [3.8, 4) is 0 Å². The maximum Gasteiger partial charge on any atom is 0.416 e. The Labute approximate surface area is 223 Å². The highest BCUT2D eigenvalue weighted by Gasteiger charge is 2.38. The number of alkyl halides is 6. The van der Waals surface area contributed by atoms with Gasteiger partial charge < -0.3 is 21.1 Å². The molecule has 0 aliphatic heterocycles. The second-order valence-electron chi connectivity index (χ2n) is 8.68. The molecule has 0 saturated heterocycles. The van der Waals surface area contributed by atoms with E-state index in [-0.39, 0.29) is 18.9 Å². The highest BCUT2D eigenvalue weighted by atomic mass is 32.1. The summed E-state index contributed by atoms with van der Waals surface area (Å²) in [6.07, 6.45) is -8.99. The summed E-state index contributed by atoms with van der Waals surface area (Å²) in [5.74, 6) is -13.3. The molecule has 2 atom stereocenters. The van der Waals surface area contributed by atoms with Crippen molar-refractivity contribution in [2.75, 3.05) is 5.32 Å². The second-order valence-corrected chi connectivity index (χ2v) is 9.08. The number of aromatic carboxylic acids is 1. The van der Waals surface area contributed by atoms with Crippen LogP contribution in [0.3, 0.4) is 0 Å². The van der Waals surface area contributed by atoms with Crippen LogP contribution >= 0.6 is 12.2 Å². The smallest absolute Gasteiger partial charge is 0.416 e. The number of benzene rings is 2. The number of hydrogen-bond donors (Lipinski definition) is 4. The van der Waals surface area contributed by atoms with E-state index in [0.29, 0.717) is 25.0 Å². The van der Waals surface area contributed by atoms with Crippen molar-refractivity contribution in [2.24, 2.45) is 0 Å². The lowest BCUT2D eigenvalue weighted by atomic mass is 9.90. The molecule has 40 heavy (non-hydrogen) atoms. The lowest BCUT2D eigenvalue weighted by Crippen LogP contribution is -2.54. The van der Waals surface area contributed by atoms with Crippen molar-refractivity contribution >= 4 is 34.9 Å². The van der Waals surface area contributed by atoms with Crippen LogP contribution in [-0.4, -0.2) is 34.2 Å². The van der Waals surface area contributed by atoms with Crippen LogP contribution in [0.1, 0.15) is 57.5 Å². The van der Waals surface area contributed by atoms with Gasteiger partial charge in [0.15, 0.2) is 28.4 Å². The Hall–Kier alpha value is -3.63. The third-order valence-corrected chi connectivity index (χ3v) is 6.17. The number of halogens is 10. The number of anilines is 1. The molecule has 218 valence electrons. The molecule has 1 amide bonds. The Morgan fingerprint density at radius 3 is 1.65 bits per heavy atom. The predicted octanol–water partition coefficient (Wildman–Crippen LogP) is 6.01. The number of carbonyl (C=O) groups is 2. The minimum atomic E-state index is -5.12. The van der Waals surface area contributed by atoms with E-state index in [1.165, 1.54) is 0 Å². The molecule has 0 unspecified atom stereocenters. The van der Waals surface area contributed by atoms with Crippen LogP contribution in [-0.2, 0) is 12.4 Å². The van der Waals surface area contributed by atoms with E-state index in [4.69, 9.17) is 17.3 Å². The topological polar surface area (TPSA) is 90.5 Å². The minimum absolute atomic E-state index is 0.0833. The van der Waals surface area contributed by atoms with Crippen LogP contribution in [0, 0.1) is 23.3 Å². The quantitative estimate of drug-likeness (QED) is 0.145. The molecule has 1 saturated carbocycles. The number of amides is 1. The summed E-state index contributed by atoms with van der Waals surface area (Å²) < 4.78 is 134. The molecule has 1 aliphatic rings. The Balaban J connectivity index is 1.83. The van der Waals surface area contributed by atoms with E-state index in [9.17, 15) is 53.5 Å². The highest BCUT2D eigenvalue weighted by Crippen LogP contribution is 2.37. The number of hydrogen-bond acceptors (Lipinski definition) is 3. The zero-order valence-corrected chi connectivity index (χ0v) is 20.5. The van der Waals surface area contributed by atoms with Gasteiger partial charge in [-0.2, -0.15) is 26.3 Å². The monoisotopic (exact) mass is 605 g/mol. The van der Waals surface area contributed by atoms with Gasteiger partial charge in [0.1, 0.15) is 5.56 Å². The van der Waals surface area contributed by atoms with Crippen molar-refractivity contribution in [3.05, 3.63) is 63.7 Å². The third kappa shape index (κ3) is 6.74. The Morgan fingerprint density at radius 1 is 0.750 bits per heavy atom. The van der Waals surface area contributed by atoms with Gasteiger partial charge in [-0.25, -0.2) is 22.4 Å². The lowest BCUT2D eigenvalue weighted by Gasteiger charge is -2.33. The second kappa shape index (κ2) is 11.5. The molecule has 2 aromatic rings. The van der Waals surface area contributed by atoms with Gasteiger partial charge in [0.2, 0.25) is 0 Å². The fraction of sp³-hybridized carbons (Fsp3) is 0.348. The number of carbonyl (C=O) groups excluding carboxylic acids is 1. The van der Waals surface area contributed by atoms with Crippen molar-refractivity contribution in [1.29, 1.82) is 0 Å².